The maximum atomic E-state index is 12.1. The van der Waals surface area contributed by atoms with Crippen LogP contribution in [0.4, 0.5) is 11.7 Å². The van der Waals surface area contributed by atoms with Gasteiger partial charge in [-0.2, -0.15) is 4.98 Å². The number of anilines is 2. The molecule has 0 fully saturated rings. The van der Waals surface area contributed by atoms with Crippen LogP contribution in [0.15, 0.2) is 22.8 Å². The highest BCUT2D eigenvalue weighted by Gasteiger charge is 2.20. The van der Waals surface area contributed by atoms with Crippen molar-refractivity contribution in [1.82, 2.24) is 4.98 Å². The molecule has 1 aliphatic rings. The van der Waals surface area contributed by atoms with Gasteiger partial charge in [-0.25, -0.2) is 0 Å². The summed E-state index contributed by atoms with van der Waals surface area (Å²) >= 11 is 0. The van der Waals surface area contributed by atoms with E-state index in [1.54, 1.807) is 13.0 Å². The number of nitrogen functional groups attached to an aromatic ring is 1. The third-order valence-electron chi connectivity index (χ3n) is 2.63. The molecule has 3 N–H and O–H groups in total. The highest BCUT2D eigenvalue weighted by atomic mass is 16.7. The van der Waals surface area contributed by atoms with Gasteiger partial charge in [0.05, 0.1) is 11.3 Å². The van der Waals surface area contributed by atoms with Crippen molar-refractivity contribution >= 4 is 17.6 Å². The number of nitrogens with one attached hydrogen (secondary N) is 1. The molecule has 0 saturated heterocycles. The van der Waals surface area contributed by atoms with Gasteiger partial charge in [-0.1, -0.05) is 0 Å². The molecule has 0 atom stereocenters. The number of nitrogens with two attached hydrogens (primary N) is 1. The van der Waals surface area contributed by atoms with E-state index in [4.69, 9.17) is 19.6 Å². The van der Waals surface area contributed by atoms with Crippen LogP contribution in [0.2, 0.25) is 0 Å². The molecule has 0 saturated carbocycles. The van der Waals surface area contributed by atoms with Crippen LogP contribution in [-0.2, 0) is 0 Å². The Morgan fingerprint density at radius 2 is 2.11 bits per heavy atom. The fraction of sp³-hybridized carbons (Fsp3) is 0.167. The summed E-state index contributed by atoms with van der Waals surface area (Å²) in [7, 11) is 0. The summed E-state index contributed by atoms with van der Waals surface area (Å²) in [4.78, 5) is 16.0. The van der Waals surface area contributed by atoms with Gasteiger partial charge in [-0.3, -0.25) is 10.1 Å². The Morgan fingerprint density at radius 3 is 2.79 bits per heavy atom. The number of aromatic nitrogens is 1. The van der Waals surface area contributed by atoms with Gasteiger partial charge in [0.25, 0.3) is 5.91 Å². The fourth-order valence-electron chi connectivity index (χ4n) is 1.73. The molecular weight excluding hydrogens is 250 g/mol. The number of oxazole rings is 1. The molecule has 0 spiro atoms. The second kappa shape index (κ2) is 4.20. The van der Waals surface area contributed by atoms with E-state index in [0.717, 1.165) is 0 Å². The number of benzene rings is 1. The van der Waals surface area contributed by atoms with Crippen molar-refractivity contribution in [2.75, 3.05) is 17.8 Å². The highest BCUT2D eigenvalue weighted by molar-refractivity contribution is 6.07. The third kappa shape index (κ3) is 2.05. The van der Waals surface area contributed by atoms with E-state index in [-0.39, 0.29) is 18.4 Å². The van der Waals surface area contributed by atoms with Gasteiger partial charge in [0, 0.05) is 11.8 Å². The summed E-state index contributed by atoms with van der Waals surface area (Å²) in [6, 6.07) is 3.21. The smallest absolute Gasteiger partial charge is 0.301 e. The first kappa shape index (κ1) is 11.4. The average molecular weight is 261 g/mol. The van der Waals surface area contributed by atoms with E-state index in [0.29, 0.717) is 22.9 Å². The average Bonchev–Trinajstić information content (AvgIpc) is 2.96. The number of fused-ring (bicyclic) bond motifs is 1. The summed E-state index contributed by atoms with van der Waals surface area (Å²) in [5.41, 5.74) is 7.06. The Labute approximate surface area is 108 Å². The van der Waals surface area contributed by atoms with Crippen LogP contribution in [0.3, 0.4) is 0 Å². The van der Waals surface area contributed by atoms with Gasteiger partial charge in [-0.15, -0.1) is 0 Å². The SMILES string of the molecule is Cc1coc(NC(=O)c2cc3c(cc2N)OCO3)n1. The number of rotatable bonds is 2. The minimum atomic E-state index is -0.419. The first-order valence-electron chi connectivity index (χ1n) is 5.56. The van der Waals surface area contributed by atoms with E-state index in [1.165, 1.54) is 12.3 Å². The largest absolute Gasteiger partial charge is 0.454 e. The molecule has 0 bridgehead atoms. The molecule has 7 heteroatoms. The summed E-state index contributed by atoms with van der Waals surface area (Å²) < 4.78 is 15.4. The summed E-state index contributed by atoms with van der Waals surface area (Å²) in [6.07, 6.45) is 1.44. The molecule has 1 aliphatic heterocycles. The Balaban J connectivity index is 1.87. The quantitative estimate of drug-likeness (QED) is 0.795. The van der Waals surface area contributed by atoms with E-state index in [2.05, 4.69) is 10.3 Å². The molecular formula is C12H11N3O4. The molecule has 0 unspecified atom stereocenters. The number of carbonyl (C=O) groups excluding carboxylic acids is 1. The Kier molecular flexibility index (Phi) is 2.52. The van der Waals surface area contributed by atoms with Crippen LogP contribution < -0.4 is 20.5 Å². The lowest BCUT2D eigenvalue weighted by molar-refractivity contribution is 0.102. The van der Waals surface area contributed by atoms with Crippen LogP contribution >= 0.6 is 0 Å². The van der Waals surface area contributed by atoms with Crippen molar-refractivity contribution in [1.29, 1.82) is 0 Å². The number of aryl methyl sites for hydroxylation is 1. The van der Waals surface area contributed by atoms with Crippen molar-refractivity contribution in [2.45, 2.75) is 6.92 Å². The number of hydrogen-bond donors (Lipinski definition) is 2. The van der Waals surface area contributed by atoms with Gasteiger partial charge in [0.1, 0.15) is 6.26 Å². The molecule has 1 amide bonds. The van der Waals surface area contributed by atoms with Crippen molar-refractivity contribution in [3.05, 3.63) is 29.7 Å². The number of carbonyl (C=O) groups is 1. The molecule has 1 aromatic carbocycles. The fourth-order valence-corrected chi connectivity index (χ4v) is 1.73. The molecule has 7 nitrogen and oxygen atoms in total. The maximum Gasteiger partial charge on any atom is 0.301 e. The number of nitrogens with zero attached hydrogens (tertiary/aromatic N) is 1. The van der Waals surface area contributed by atoms with Crippen LogP contribution in [0, 0.1) is 6.92 Å². The van der Waals surface area contributed by atoms with Crippen molar-refractivity contribution in [2.24, 2.45) is 0 Å². The number of amides is 1. The summed E-state index contributed by atoms with van der Waals surface area (Å²) in [5.74, 6) is 0.599. The van der Waals surface area contributed by atoms with Gasteiger partial charge in [0.2, 0.25) is 6.79 Å². The van der Waals surface area contributed by atoms with Crippen LogP contribution in [0.25, 0.3) is 0 Å². The van der Waals surface area contributed by atoms with E-state index >= 15 is 0 Å². The number of ether oxygens (including phenoxy) is 2. The Hall–Kier alpha value is -2.70. The number of hydrogen-bond acceptors (Lipinski definition) is 6. The minimum absolute atomic E-state index is 0.124. The summed E-state index contributed by atoms with van der Waals surface area (Å²) in [5, 5.41) is 2.52. The zero-order valence-electron chi connectivity index (χ0n) is 10.1. The lowest BCUT2D eigenvalue weighted by Gasteiger charge is -2.06. The lowest BCUT2D eigenvalue weighted by Crippen LogP contribution is -2.14. The molecule has 98 valence electrons. The third-order valence-corrected chi connectivity index (χ3v) is 2.63. The molecule has 0 radical (unpaired) electrons. The van der Waals surface area contributed by atoms with Crippen molar-refractivity contribution in [3.8, 4) is 11.5 Å². The first-order chi connectivity index (χ1) is 9.13. The molecule has 2 aromatic rings. The lowest BCUT2D eigenvalue weighted by atomic mass is 10.1. The van der Waals surface area contributed by atoms with Gasteiger partial charge in [-0.05, 0) is 13.0 Å². The van der Waals surface area contributed by atoms with Crippen molar-refractivity contribution < 1.29 is 18.7 Å². The molecule has 2 heterocycles. The molecule has 19 heavy (non-hydrogen) atoms. The van der Waals surface area contributed by atoms with E-state index in [1.807, 2.05) is 0 Å². The zero-order valence-corrected chi connectivity index (χ0v) is 10.1. The highest BCUT2D eigenvalue weighted by Crippen LogP contribution is 2.36. The maximum absolute atomic E-state index is 12.1. The van der Waals surface area contributed by atoms with Crippen LogP contribution in [-0.4, -0.2) is 17.7 Å². The Bertz CT molecular complexity index is 650. The van der Waals surface area contributed by atoms with E-state index < -0.39 is 5.91 Å². The Morgan fingerprint density at radius 1 is 1.37 bits per heavy atom. The van der Waals surface area contributed by atoms with Crippen LogP contribution in [0.1, 0.15) is 16.1 Å². The first-order valence-corrected chi connectivity index (χ1v) is 5.56. The second-order valence-corrected chi connectivity index (χ2v) is 4.04. The predicted molar refractivity (Wildman–Crippen MR) is 66.2 cm³/mol. The van der Waals surface area contributed by atoms with Crippen LogP contribution in [0.5, 0.6) is 11.5 Å². The van der Waals surface area contributed by atoms with E-state index in [9.17, 15) is 4.79 Å². The second-order valence-electron chi connectivity index (χ2n) is 4.04. The van der Waals surface area contributed by atoms with Gasteiger partial charge in [0.15, 0.2) is 11.5 Å². The van der Waals surface area contributed by atoms with Crippen molar-refractivity contribution in [3.63, 3.8) is 0 Å². The topological polar surface area (TPSA) is 99.6 Å². The molecule has 3 rings (SSSR count). The predicted octanol–water partition coefficient (Wildman–Crippen LogP) is 1.55. The monoisotopic (exact) mass is 261 g/mol. The van der Waals surface area contributed by atoms with Gasteiger partial charge >= 0.3 is 6.01 Å². The zero-order chi connectivity index (χ0) is 13.4. The molecule has 0 aliphatic carbocycles. The standard InChI is InChI=1S/C12H11N3O4/c1-6-4-17-12(14-6)15-11(16)7-2-9-10(3-8(7)13)19-5-18-9/h2-4H,5,13H2,1H3,(H,14,15,16). The minimum Gasteiger partial charge on any atom is -0.454 e. The normalized spacial score (nSPS) is 12.5. The van der Waals surface area contributed by atoms with Gasteiger partial charge < -0.3 is 19.6 Å². The summed E-state index contributed by atoms with van der Waals surface area (Å²) in [6.45, 7) is 1.88. The molecule has 1 aromatic heterocycles.